The summed E-state index contributed by atoms with van der Waals surface area (Å²) in [5.74, 6) is 0. The predicted octanol–water partition coefficient (Wildman–Crippen LogP) is 0.583. The van der Waals surface area contributed by atoms with Crippen molar-refractivity contribution >= 4 is 0 Å². The highest BCUT2D eigenvalue weighted by atomic mass is 16.1. The summed E-state index contributed by atoms with van der Waals surface area (Å²) in [6.07, 6.45) is 4.63. The molecule has 0 amide bonds. The van der Waals surface area contributed by atoms with Crippen molar-refractivity contribution in [2.24, 2.45) is 0 Å². The van der Waals surface area contributed by atoms with Crippen molar-refractivity contribution in [2.75, 3.05) is 6.54 Å². The molecule has 1 aliphatic heterocycles. The Hall–Kier alpha value is -1.67. The molecule has 0 aromatic carbocycles. The highest BCUT2D eigenvalue weighted by molar-refractivity contribution is 5.19. The summed E-state index contributed by atoms with van der Waals surface area (Å²) in [4.78, 5) is 16.4. The first-order chi connectivity index (χ1) is 8.33. The van der Waals surface area contributed by atoms with Crippen molar-refractivity contribution in [2.45, 2.75) is 38.8 Å². The van der Waals surface area contributed by atoms with Gasteiger partial charge in [-0.1, -0.05) is 0 Å². The van der Waals surface area contributed by atoms with Crippen LogP contribution in [-0.4, -0.2) is 16.1 Å². The molecule has 1 N–H and O–H groups in total. The maximum Gasteiger partial charge on any atom is 0.256 e. The standard InChI is InChI=1S/C12H16N4O/c13-5-2-1-3-7-16-9-15-11-8-14-6-4-10(11)12(16)17/h9,14H,1-4,6-8H2. The molecule has 0 fully saturated rings. The maximum atomic E-state index is 12.1. The van der Waals surface area contributed by atoms with Crippen molar-refractivity contribution in [1.29, 1.82) is 5.26 Å². The van der Waals surface area contributed by atoms with Gasteiger partial charge in [0.15, 0.2) is 0 Å². The molecule has 0 saturated carbocycles. The fourth-order valence-electron chi connectivity index (χ4n) is 2.04. The number of unbranched alkanes of at least 4 members (excludes halogenated alkanes) is 2. The third kappa shape index (κ3) is 2.71. The first-order valence-corrected chi connectivity index (χ1v) is 5.98. The van der Waals surface area contributed by atoms with Gasteiger partial charge in [0.25, 0.3) is 5.56 Å². The minimum absolute atomic E-state index is 0.0912. The van der Waals surface area contributed by atoms with E-state index in [9.17, 15) is 4.79 Å². The van der Waals surface area contributed by atoms with E-state index >= 15 is 0 Å². The molecule has 5 nitrogen and oxygen atoms in total. The number of hydrogen-bond donors (Lipinski definition) is 1. The molecule has 2 rings (SSSR count). The van der Waals surface area contributed by atoms with Gasteiger partial charge in [0.05, 0.1) is 18.1 Å². The molecule has 1 aromatic rings. The van der Waals surface area contributed by atoms with Gasteiger partial charge in [-0.2, -0.15) is 5.26 Å². The van der Waals surface area contributed by atoms with Gasteiger partial charge in [-0.25, -0.2) is 4.98 Å². The summed E-state index contributed by atoms with van der Waals surface area (Å²) in [5, 5.41) is 11.6. The quantitative estimate of drug-likeness (QED) is 0.771. The number of aromatic nitrogens is 2. The summed E-state index contributed by atoms with van der Waals surface area (Å²) >= 11 is 0. The summed E-state index contributed by atoms with van der Waals surface area (Å²) in [6.45, 7) is 2.20. The van der Waals surface area contributed by atoms with Crippen LogP contribution in [0.3, 0.4) is 0 Å². The SMILES string of the molecule is N#CCCCCn1cnc2c(c1=O)CCNC2. The minimum atomic E-state index is 0.0912. The topological polar surface area (TPSA) is 70.7 Å². The van der Waals surface area contributed by atoms with Crippen molar-refractivity contribution in [3.63, 3.8) is 0 Å². The van der Waals surface area contributed by atoms with Crippen molar-refractivity contribution < 1.29 is 0 Å². The summed E-state index contributed by atoms with van der Waals surface area (Å²) in [5.41, 5.74) is 1.83. The van der Waals surface area contributed by atoms with Crippen LogP contribution in [0.25, 0.3) is 0 Å². The van der Waals surface area contributed by atoms with Gasteiger partial charge in [0.2, 0.25) is 0 Å². The number of aryl methyl sites for hydroxylation is 1. The van der Waals surface area contributed by atoms with Crippen LogP contribution in [0.2, 0.25) is 0 Å². The molecule has 0 atom stereocenters. The molecule has 1 aromatic heterocycles. The van der Waals surface area contributed by atoms with Gasteiger partial charge in [-0.05, 0) is 25.8 Å². The number of nitrogens with one attached hydrogen (secondary N) is 1. The Morgan fingerprint density at radius 3 is 3.24 bits per heavy atom. The van der Waals surface area contributed by atoms with Gasteiger partial charge >= 0.3 is 0 Å². The lowest BCUT2D eigenvalue weighted by Crippen LogP contribution is -2.34. The molecule has 0 saturated heterocycles. The Morgan fingerprint density at radius 2 is 2.41 bits per heavy atom. The third-order valence-corrected chi connectivity index (χ3v) is 3.00. The Balaban J connectivity index is 2.09. The second-order valence-electron chi connectivity index (χ2n) is 4.21. The van der Waals surface area contributed by atoms with Gasteiger partial charge < -0.3 is 5.32 Å². The van der Waals surface area contributed by atoms with E-state index in [0.29, 0.717) is 19.5 Å². The second-order valence-corrected chi connectivity index (χ2v) is 4.21. The normalized spacial score (nSPS) is 14.1. The zero-order valence-corrected chi connectivity index (χ0v) is 9.78. The lowest BCUT2D eigenvalue weighted by molar-refractivity contribution is 0.556. The van der Waals surface area contributed by atoms with Gasteiger partial charge in [0, 0.05) is 25.1 Å². The minimum Gasteiger partial charge on any atom is -0.311 e. The highest BCUT2D eigenvalue weighted by Crippen LogP contribution is 2.06. The molecular formula is C12H16N4O. The summed E-state index contributed by atoms with van der Waals surface area (Å²) < 4.78 is 1.67. The van der Waals surface area contributed by atoms with Crippen molar-refractivity contribution in [3.8, 4) is 6.07 Å². The van der Waals surface area contributed by atoms with Crippen LogP contribution in [0.5, 0.6) is 0 Å². The molecule has 1 aliphatic rings. The van der Waals surface area contributed by atoms with Gasteiger partial charge in [-0.15, -0.1) is 0 Å². The Morgan fingerprint density at radius 1 is 1.53 bits per heavy atom. The van der Waals surface area contributed by atoms with E-state index in [1.54, 1.807) is 10.9 Å². The zero-order valence-electron chi connectivity index (χ0n) is 9.78. The average molecular weight is 232 g/mol. The maximum absolute atomic E-state index is 12.1. The molecule has 0 unspecified atom stereocenters. The number of nitrogens with zero attached hydrogens (tertiary/aromatic N) is 3. The lowest BCUT2D eigenvalue weighted by atomic mass is 10.1. The van der Waals surface area contributed by atoms with E-state index in [1.807, 2.05) is 0 Å². The molecule has 17 heavy (non-hydrogen) atoms. The van der Waals surface area contributed by atoms with Crippen LogP contribution < -0.4 is 10.9 Å². The van der Waals surface area contributed by atoms with Crippen LogP contribution >= 0.6 is 0 Å². The van der Waals surface area contributed by atoms with E-state index in [2.05, 4.69) is 16.4 Å². The van der Waals surface area contributed by atoms with E-state index in [1.165, 1.54) is 0 Å². The molecule has 0 spiro atoms. The molecular weight excluding hydrogens is 216 g/mol. The van der Waals surface area contributed by atoms with Crippen LogP contribution in [0.15, 0.2) is 11.1 Å². The molecule has 0 bridgehead atoms. The Kier molecular flexibility index (Phi) is 3.89. The van der Waals surface area contributed by atoms with E-state index in [4.69, 9.17) is 5.26 Å². The highest BCUT2D eigenvalue weighted by Gasteiger charge is 2.14. The third-order valence-electron chi connectivity index (χ3n) is 3.00. The summed E-state index contributed by atoms with van der Waals surface area (Å²) in [7, 11) is 0. The van der Waals surface area contributed by atoms with Crippen LogP contribution in [-0.2, 0) is 19.5 Å². The average Bonchev–Trinajstić information content (AvgIpc) is 2.37. The fourth-order valence-corrected chi connectivity index (χ4v) is 2.04. The number of nitriles is 1. The number of fused-ring (bicyclic) bond motifs is 1. The second kappa shape index (κ2) is 5.60. The van der Waals surface area contributed by atoms with Crippen molar-refractivity contribution in [1.82, 2.24) is 14.9 Å². The molecule has 90 valence electrons. The summed E-state index contributed by atoms with van der Waals surface area (Å²) in [6, 6.07) is 2.11. The predicted molar refractivity (Wildman–Crippen MR) is 63.4 cm³/mol. The van der Waals surface area contributed by atoms with E-state index in [-0.39, 0.29) is 5.56 Å². The molecule has 0 aliphatic carbocycles. The van der Waals surface area contributed by atoms with Gasteiger partial charge in [0.1, 0.15) is 0 Å². The lowest BCUT2D eigenvalue weighted by Gasteiger charge is -2.16. The van der Waals surface area contributed by atoms with Gasteiger partial charge in [-0.3, -0.25) is 9.36 Å². The zero-order chi connectivity index (χ0) is 12.1. The molecule has 0 radical (unpaired) electrons. The molecule has 2 heterocycles. The van der Waals surface area contributed by atoms with Crippen molar-refractivity contribution in [3.05, 3.63) is 27.9 Å². The molecule has 5 heteroatoms. The number of hydrogen-bond acceptors (Lipinski definition) is 4. The first kappa shape index (κ1) is 11.8. The smallest absolute Gasteiger partial charge is 0.256 e. The Labute approximate surface area is 100 Å². The number of rotatable bonds is 4. The first-order valence-electron chi connectivity index (χ1n) is 5.98. The van der Waals surface area contributed by atoms with E-state index in [0.717, 1.165) is 37.1 Å². The Bertz CT molecular complexity index is 486. The fraction of sp³-hybridized carbons (Fsp3) is 0.583. The van der Waals surface area contributed by atoms with Crippen LogP contribution in [0.1, 0.15) is 30.5 Å². The monoisotopic (exact) mass is 232 g/mol. The largest absolute Gasteiger partial charge is 0.311 e. The van der Waals surface area contributed by atoms with Crippen LogP contribution in [0.4, 0.5) is 0 Å². The van der Waals surface area contributed by atoms with Crippen LogP contribution in [0, 0.1) is 11.3 Å². The van der Waals surface area contributed by atoms with E-state index < -0.39 is 0 Å².